The van der Waals surface area contributed by atoms with Gasteiger partial charge in [-0.2, -0.15) is 0 Å². The fourth-order valence-corrected chi connectivity index (χ4v) is 2.71. The molecule has 3 nitrogen and oxygen atoms in total. The van der Waals surface area contributed by atoms with Crippen molar-refractivity contribution in [2.75, 3.05) is 5.32 Å². The second-order valence-corrected chi connectivity index (χ2v) is 7.11. The molecular weight excluding hydrogens is 308 g/mol. The Balaban J connectivity index is 1.83. The Labute approximate surface area is 140 Å². The minimum atomic E-state index is -0.137. The highest BCUT2D eigenvalue weighted by molar-refractivity contribution is 6.31. The third-order valence-corrected chi connectivity index (χ3v) is 4.13. The monoisotopic (exact) mass is 326 g/mol. The van der Waals surface area contributed by atoms with Gasteiger partial charge in [0.05, 0.1) is 5.56 Å². The van der Waals surface area contributed by atoms with Crippen LogP contribution in [0.3, 0.4) is 0 Å². The lowest BCUT2D eigenvalue weighted by Crippen LogP contribution is -2.13. The Morgan fingerprint density at radius 2 is 1.78 bits per heavy atom. The van der Waals surface area contributed by atoms with Crippen LogP contribution in [0.1, 0.15) is 36.7 Å². The number of halogens is 1. The van der Waals surface area contributed by atoms with Crippen molar-refractivity contribution in [3.63, 3.8) is 0 Å². The Morgan fingerprint density at radius 1 is 1.09 bits per heavy atom. The third-order valence-electron chi connectivity index (χ3n) is 3.90. The lowest BCUT2D eigenvalue weighted by molar-refractivity contribution is 0.102. The molecule has 1 aromatic heterocycles. The minimum absolute atomic E-state index is 0.0959. The summed E-state index contributed by atoms with van der Waals surface area (Å²) in [6, 6.07) is 13.4. The molecule has 2 aromatic carbocycles. The number of benzene rings is 2. The molecule has 0 aliphatic heterocycles. The number of hydrogen-bond acceptors (Lipinski definition) is 1. The van der Waals surface area contributed by atoms with E-state index < -0.39 is 0 Å². The summed E-state index contributed by atoms with van der Waals surface area (Å²) in [7, 11) is 0. The SMILES string of the molecule is CC(C)(C)c1ccc(NC(=O)c2c[nH]c3cc(Cl)ccc23)cc1. The van der Waals surface area contributed by atoms with E-state index in [1.165, 1.54) is 5.56 Å². The second-order valence-electron chi connectivity index (χ2n) is 6.67. The van der Waals surface area contributed by atoms with Gasteiger partial charge in [0, 0.05) is 27.8 Å². The average molecular weight is 327 g/mol. The van der Waals surface area contributed by atoms with E-state index in [1.54, 1.807) is 12.3 Å². The molecule has 3 rings (SSSR count). The molecule has 0 aliphatic carbocycles. The predicted octanol–water partition coefficient (Wildman–Crippen LogP) is 5.37. The maximum atomic E-state index is 12.5. The number of rotatable bonds is 2. The van der Waals surface area contributed by atoms with Gasteiger partial charge in [0.2, 0.25) is 0 Å². The summed E-state index contributed by atoms with van der Waals surface area (Å²) in [6.45, 7) is 6.49. The Kier molecular flexibility index (Phi) is 3.90. The van der Waals surface area contributed by atoms with Crippen molar-refractivity contribution in [1.82, 2.24) is 4.98 Å². The highest BCUT2D eigenvalue weighted by atomic mass is 35.5. The van der Waals surface area contributed by atoms with Crippen molar-refractivity contribution >= 4 is 34.1 Å². The first kappa shape index (κ1) is 15.6. The molecule has 1 heterocycles. The zero-order valence-electron chi connectivity index (χ0n) is 13.4. The van der Waals surface area contributed by atoms with Gasteiger partial charge in [0.25, 0.3) is 5.91 Å². The number of aromatic nitrogens is 1. The van der Waals surface area contributed by atoms with Crippen LogP contribution in [0.25, 0.3) is 10.9 Å². The Morgan fingerprint density at radius 3 is 2.43 bits per heavy atom. The predicted molar refractivity (Wildman–Crippen MR) is 96.4 cm³/mol. The van der Waals surface area contributed by atoms with E-state index in [9.17, 15) is 4.79 Å². The normalized spacial score (nSPS) is 11.7. The van der Waals surface area contributed by atoms with Crippen molar-refractivity contribution in [2.45, 2.75) is 26.2 Å². The zero-order chi connectivity index (χ0) is 16.6. The van der Waals surface area contributed by atoms with E-state index in [-0.39, 0.29) is 11.3 Å². The number of H-pyrrole nitrogens is 1. The molecule has 0 radical (unpaired) electrons. The minimum Gasteiger partial charge on any atom is -0.360 e. The van der Waals surface area contributed by atoms with Crippen LogP contribution in [-0.4, -0.2) is 10.9 Å². The number of amides is 1. The highest BCUT2D eigenvalue weighted by Gasteiger charge is 2.15. The van der Waals surface area contributed by atoms with Gasteiger partial charge >= 0.3 is 0 Å². The van der Waals surface area contributed by atoms with Crippen LogP contribution < -0.4 is 5.32 Å². The molecule has 0 saturated carbocycles. The van der Waals surface area contributed by atoms with Crippen molar-refractivity contribution in [2.24, 2.45) is 0 Å². The molecule has 2 N–H and O–H groups in total. The largest absolute Gasteiger partial charge is 0.360 e. The molecule has 0 spiro atoms. The highest BCUT2D eigenvalue weighted by Crippen LogP contribution is 2.25. The molecule has 118 valence electrons. The average Bonchev–Trinajstić information content (AvgIpc) is 2.89. The summed E-state index contributed by atoms with van der Waals surface area (Å²) >= 11 is 5.97. The number of hydrogen-bond donors (Lipinski definition) is 2. The molecular formula is C19H19ClN2O. The molecule has 0 atom stereocenters. The van der Waals surface area contributed by atoms with Gasteiger partial charge in [-0.25, -0.2) is 0 Å². The Hall–Kier alpha value is -2.26. The zero-order valence-corrected chi connectivity index (χ0v) is 14.2. The van der Waals surface area contributed by atoms with Crippen LogP contribution in [-0.2, 0) is 5.41 Å². The summed E-state index contributed by atoms with van der Waals surface area (Å²) in [5.41, 5.74) is 3.57. The molecule has 4 heteroatoms. The van der Waals surface area contributed by atoms with E-state index in [1.807, 2.05) is 36.4 Å². The number of anilines is 1. The number of fused-ring (bicyclic) bond motifs is 1. The summed E-state index contributed by atoms with van der Waals surface area (Å²) in [5, 5.41) is 4.44. The molecule has 0 unspecified atom stereocenters. The number of nitrogens with one attached hydrogen (secondary N) is 2. The van der Waals surface area contributed by atoms with Crippen LogP contribution in [0.4, 0.5) is 5.69 Å². The lowest BCUT2D eigenvalue weighted by atomic mass is 9.87. The fourth-order valence-electron chi connectivity index (χ4n) is 2.54. The summed E-state index contributed by atoms with van der Waals surface area (Å²) in [6.07, 6.45) is 1.71. The molecule has 0 fully saturated rings. The fraction of sp³-hybridized carbons (Fsp3) is 0.211. The smallest absolute Gasteiger partial charge is 0.257 e. The maximum Gasteiger partial charge on any atom is 0.257 e. The topological polar surface area (TPSA) is 44.9 Å². The van der Waals surface area contributed by atoms with Gasteiger partial charge in [-0.05, 0) is 35.2 Å². The summed E-state index contributed by atoms with van der Waals surface area (Å²) in [5.74, 6) is -0.137. The van der Waals surface area contributed by atoms with Gasteiger partial charge in [-0.1, -0.05) is 50.6 Å². The summed E-state index contributed by atoms with van der Waals surface area (Å²) < 4.78 is 0. The standard InChI is InChI=1S/C19H19ClN2O/c1-19(2,3)12-4-7-14(8-5-12)22-18(23)16-11-21-17-10-13(20)6-9-15(16)17/h4-11,21H,1-3H3,(H,22,23). The van der Waals surface area contributed by atoms with Crippen LogP contribution >= 0.6 is 11.6 Å². The van der Waals surface area contributed by atoms with Crippen molar-refractivity contribution in [3.05, 3.63) is 64.8 Å². The van der Waals surface area contributed by atoms with E-state index in [0.29, 0.717) is 10.6 Å². The molecule has 0 bridgehead atoms. The third kappa shape index (κ3) is 3.25. The molecule has 3 aromatic rings. The van der Waals surface area contributed by atoms with Gasteiger partial charge in [0.15, 0.2) is 0 Å². The van der Waals surface area contributed by atoms with Crippen LogP contribution in [0.15, 0.2) is 48.7 Å². The molecule has 0 aliphatic rings. The van der Waals surface area contributed by atoms with Gasteiger partial charge in [0.1, 0.15) is 0 Å². The second kappa shape index (κ2) is 5.74. The van der Waals surface area contributed by atoms with E-state index in [4.69, 9.17) is 11.6 Å². The maximum absolute atomic E-state index is 12.5. The van der Waals surface area contributed by atoms with Crippen molar-refractivity contribution in [1.29, 1.82) is 0 Å². The Bertz CT molecular complexity index is 857. The van der Waals surface area contributed by atoms with Crippen LogP contribution in [0, 0.1) is 0 Å². The number of carbonyl (C=O) groups is 1. The van der Waals surface area contributed by atoms with E-state index >= 15 is 0 Å². The number of carbonyl (C=O) groups excluding carboxylic acids is 1. The lowest BCUT2D eigenvalue weighted by Gasteiger charge is -2.19. The molecule has 0 saturated heterocycles. The van der Waals surface area contributed by atoms with Crippen LogP contribution in [0.5, 0.6) is 0 Å². The van der Waals surface area contributed by atoms with E-state index in [0.717, 1.165) is 16.6 Å². The molecule has 1 amide bonds. The van der Waals surface area contributed by atoms with Gasteiger partial charge in [-0.3, -0.25) is 4.79 Å². The summed E-state index contributed by atoms with van der Waals surface area (Å²) in [4.78, 5) is 15.6. The number of aromatic amines is 1. The van der Waals surface area contributed by atoms with Gasteiger partial charge in [-0.15, -0.1) is 0 Å². The van der Waals surface area contributed by atoms with Gasteiger partial charge < -0.3 is 10.3 Å². The van der Waals surface area contributed by atoms with E-state index in [2.05, 4.69) is 31.1 Å². The van der Waals surface area contributed by atoms with Crippen molar-refractivity contribution in [3.8, 4) is 0 Å². The van der Waals surface area contributed by atoms with Crippen molar-refractivity contribution < 1.29 is 4.79 Å². The first-order chi connectivity index (χ1) is 10.8. The first-order valence-corrected chi connectivity index (χ1v) is 7.91. The quantitative estimate of drug-likeness (QED) is 0.653. The molecule has 23 heavy (non-hydrogen) atoms. The van der Waals surface area contributed by atoms with Crippen LogP contribution in [0.2, 0.25) is 5.02 Å². The first-order valence-electron chi connectivity index (χ1n) is 7.53.